The molecule has 0 aliphatic heterocycles. The van der Waals surface area contributed by atoms with Crippen LogP contribution in [0, 0.1) is 17.6 Å². The lowest BCUT2D eigenvalue weighted by Gasteiger charge is -2.31. The van der Waals surface area contributed by atoms with Gasteiger partial charge in [-0.15, -0.1) is 0 Å². The van der Waals surface area contributed by atoms with Gasteiger partial charge in [0.15, 0.2) is 0 Å². The molecule has 2 aliphatic carbocycles. The van der Waals surface area contributed by atoms with Crippen LogP contribution in [0.2, 0.25) is 0 Å². The standard InChI is InChI=1S/C24H32F4/c1-2-3-4-5-6-7-16-8-10-17(11-9-16)18-14-21(25)23(22(26)15-18)19-12-20(13-19)24(27)28/h14-17,19H,2-13H2,1H3/t16-,17-. The number of hydrogen-bond donors (Lipinski definition) is 0. The SMILES string of the molecule is CCCCCCC[C@H]1CC[C@H](c2cc(F)c(C3CC(=C(F)F)C3)c(F)c2)CC1. The van der Waals surface area contributed by atoms with E-state index in [1.807, 2.05) is 0 Å². The Labute approximate surface area is 166 Å². The van der Waals surface area contributed by atoms with Crippen LogP contribution in [0.4, 0.5) is 17.6 Å². The summed E-state index contributed by atoms with van der Waals surface area (Å²) in [6.45, 7) is 2.23. The number of benzene rings is 1. The van der Waals surface area contributed by atoms with E-state index in [-0.39, 0.29) is 29.9 Å². The van der Waals surface area contributed by atoms with Gasteiger partial charge in [0.1, 0.15) is 11.6 Å². The topological polar surface area (TPSA) is 0 Å². The third kappa shape index (κ3) is 5.18. The predicted molar refractivity (Wildman–Crippen MR) is 106 cm³/mol. The molecule has 0 unspecified atom stereocenters. The van der Waals surface area contributed by atoms with Gasteiger partial charge < -0.3 is 0 Å². The van der Waals surface area contributed by atoms with Crippen molar-refractivity contribution in [3.8, 4) is 0 Å². The number of rotatable bonds is 8. The van der Waals surface area contributed by atoms with Crippen LogP contribution in [0.5, 0.6) is 0 Å². The molecule has 2 aliphatic rings. The van der Waals surface area contributed by atoms with Gasteiger partial charge in [-0.1, -0.05) is 45.4 Å². The molecule has 2 fully saturated rings. The van der Waals surface area contributed by atoms with Gasteiger partial charge in [0, 0.05) is 5.56 Å². The summed E-state index contributed by atoms with van der Waals surface area (Å²) in [5, 5.41) is 0. The van der Waals surface area contributed by atoms with Crippen molar-refractivity contribution in [2.75, 3.05) is 0 Å². The highest BCUT2D eigenvalue weighted by molar-refractivity contribution is 5.36. The molecule has 0 spiro atoms. The van der Waals surface area contributed by atoms with E-state index in [1.54, 1.807) is 0 Å². The first kappa shape index (κ1) is 21.4. The fraction of sp³-hybridized carbons (Fsp3) is 0.667. The summed E-state index contributed by atoms with van der Waals surface area (Å²) >= 11 is 0. The van der Waals surface area contributed by atoms with Crippen molar-refractivity contribution in [2.24, 2.45) is 5.92 Å². The molecule has 0 aromatic heterocycles. The van der Waals surface area contributed by atoms with E-state index in [0.29, 0.717) is 0 Å². The quantitative estimate of drug-likeness (QED) is 0.305. The zero-order valence-corrected chi connectivity index (χ0v) is 16.9. The second kappa shape index (κ2) is 9.93. The average molecular weight is 397 g/mol. The molecule has 2 saturated carbocycles. The lowest BCUT2D eigenvalue weighted by molar-refractivity contribution is 0.301. The molecular weight excluding hydrogens is 364 g/mol. The van der Waals surface area contributed by atoms with E-state index >= 15 is 0 Å². The van der Waals surface area contributed by atoms with Crippen LogP contribution in [0.15, 0.2) is 23.8 Å². The van der Waals surface area contributed by atoms with Crippen LogP contribution in [-0.4, -0.2) is 0 Å². The zero-order chi connectivity index (χ0) is 20.1. The monoisotopic (exact) mass is 396 g/mol. The minimum absolute atomic E-state index is 0.00508. The molecular formula is C24H32F4. The molecule has 0 N–H and O–H groups in total. The van der Waals surface area contributed by atoms with Crippen LogP contribution in [-0.2, 0) is 0 Å². The van der Waals surface area contributed by atoms with Crippen LogP contribution < -0.4 is 0 Å². The normalized spacial score (nSPS) is 24.9. The molecule has 3 rings (SSSR count). The van der Waals surface area contributed by atoms with Crippen molar-refractivity contribution in [1.29, 1.82) is 0 Å². The van der Waals surface area contributed by atoms with Crippen molar-refractivity contribution in [1.82, 2.24) is 0 Å². The lowest BCUT2D eigenvalue weighted by atomic mass is 9.74. The summed E-state index contributed by atoms with van der Waals surface area (Å²) < 4.78 is 54.2. The molecule has 0 amide bonds. The maximum Gasteiger partial charge on any atom is 0.269 e. The average Bonchev–Trinajstić information content (AvgIpc) is 2.62. The Morgan fingerprint density at radius 1 is 0.857 bits per heavy atom. The van der Waals surface area contributed by atoms with E-state index in [2.05, 4.69) is 6.92 Å². The molecule has 0 saturated heterocycles. The molecule has 0 bridgehead atoms. The predicted octanol–water partition coefficient (Wildman–Crippen LogP) is 8.63. The van der Waals surface area contributed by atoms with Gasteiger partial charge in [-0.25, -0.2) is 8.78 Å². The van der Waals surface area contributed by atoms with Crippen LogP contribution in [0.1, 0.15) is 107 Å². The molecule has 156 valence electrons. The van der Waals surface area contributed by atoms with E-state index < -0.39 is 23.6 Å². The van der Waals surface area contributed by atoms with Crippen molar-refractivity contribution < 1.29 is 17.6 Å². The van der Waals surface area contributed by atoms with Crippen molar-refractivity contribution in [2.45, 2.75) is 95.8 Å². The van der Waals surface area contributed by atoms with Gasteiger partial charge in [0.05, 0.1) is 0 Å². The van der Waals surface area contributed by atoms with Gasteiger partial charge in [0.2, 0.25) is 0 Å². The molecule has 1 aromatic carbocycles. The largest absolute Gasteiger partial charge is 0.269 e. The summed E-state index contributed by atoms with van der Waals surface area (Å²) in [5.74, 6) is -0.598. The van der Waals surface area contributed by atoms with E-state index in [4.69, 9.17) is 0 Å². The van der Waals surface area contributed by atoms with Crippen LogP contribution in [0.3, 0.4) is 0 Å². The number of hydrogen-bond acceptors (Lipinski definition) is 0. The minimum atomic E-state index is -1.70. The highest BCUT2D eigenvalue weighted by atomic mass is 19.3. The van der Waals surface area contributed by atoms with Gasteiger partial charge in [-0.3, -0.25) is 0 Å². The second-order valence-corrected chi connectivity index (χ2v) is 8.79. The zero-order valence-electron chi connectivity index (χ0n) is 16.9. The number of allylic oxidation sites excluding steroid dienone is 1. The molecule has 1 aromatic rings. The first-order valence-electron chi connectivity index (χ1n) is 11.0. The Balaban J connectivity index is 1.52. The maximum absolute atomic E-state index is 14.6. The fourth-order valence-corrected chi connectivity index (χ4v) is 4.94. The summed E-state index contributed by atoms with van der Waals surface area (Å²) in [6, 6.07) is 2.92. The third-order valence-electron chi connectivity index (χ3n) is 6.80. The van der Waals surface area contributed by atoms with Gasteiger partial charge in [-0.2, -0.15) is 8.78 Å². The molecule has 0 nitrogen and oxygen atoms in total. The Bertz CT molecular complexity index is 651. The van der Waals surface area contributed by atoms with Crippen LogP contribution in [0.25, 0.3) is 0 Å². The summed E-state index contributed by atoms with van der Waals surface area (Å²) in [7, 11) is 0. The van der Waals surface area contributed by atoms with Gasteiger partial charge in [0.25, 0.3) is 6.08 Å². The molecule has 4 heteroatoms. The van der Waals surface area contributed by atoms with E-state index in [0.717, 1.165) is 37.2 Å². The summed E-state index contributed by atoms with van der Waals surface area (Å²) in [5.41, 5.74) is 0.766. The smallest absolute Gasteiger partial charge is 0.207 e. The summed E-state index contributed by atoms with van der Waals surface area (Å²) in [6.07, 6.45) is 10.5. The lowest BCUT2D eigenvalue weighted by Crippen LogP contribution is -2.18. The fourth-order valence-electron chi connectivity index (χ4n) is 4.94. The highest BCUT2D eigenvalue weighted by Crippen LogP contribution is 2.46. The Kier molecular flexibility index (Phi) is 7.59. The molecule has 0 atom stereocenters. The van der Waals surface area contributed by atoms with Crippen molar-refractivity contribution in [3.63, 3.8) is 0 Å². The maximum atomic E-state index is 14.6. The molecule has 28 heavy (non-hydrogen) atoms. The highest BCUT2D eigenvalue weighted by Gasteiger charge is 2.33. The second-order valence-electron chi connectivity index (χ2n) is 8.79. The first-order valence-corrected chi connectivity index (χ1v) is 11.0. The first-order chi connectivity index (χ1) is 13.5. The van der Waals surface area contributed by atoms with Crippen molar-refractivity contribution >= 4 is 0 Å². The van der Waals surface area contributed by atoms with Crippen molar-refractivity contribution in [3.05, 3.63) is 46.5 Å². The number of unbranched alkanes of at least 4 members (excludes halogenated alkanes) is 4. The van der Waals surface area contributed by atoms with Crippen LogP contribution >= 0.6 is 0 Å². The minimum Gasteiger partial charge on any atom is -0.207 e. The Hall–Kier alpha value is -1.32. The van der Waals surface area contributed by atoms with E-state index in [9.17, 15) is 17.6 Å². The van der Waals surface area contributed by atoms with Gasteiger partial charge >= 0.3 is 0 Å². The molecule has 0 heterocycles. The number of halogens is 4. The molecule has 0 radical (unpaired) electrons. The Morgan fingerprint density at radius 3 is 2.04 bits per heavy atom. The van der Waals surface area contributed by atoms with Gasteiger partial charge in [-0.05, 0) is 79.5 Å². The van der Waals surface area contributed by atoms with E-state index in [1.165, 1.54) is 50.7 Å². The summed E-state index contributed by atoms with van der Waals surface area (Å²) in [4.78, 5) is 0. The third-order valence-corrected chi connectivity index (χ3v) is 6.80. The Morgan fingerprint density at radius 2 is 1.46 bits per heavy atom.